The number of nitro groups is 1. The zero-order valence-corrected chi connectivity index (χ0v) is 12.3. The molecule has 0 aliphatic carbocycles. The van der Waals surface area contributed by atoms with E-state index >= 15 is 0 Å². The average Bonchev–Trinajstić information content (AvgIpc) is 2.51. The Kier molecular flexibility index (Phi) is 6.06. The Balaban J connectivity index is 3.24. The van der Waals surface area contributed by atoms with Crippen LogP contribution in [0.1, 0.15) is 17.3 Å². The van der Waals surface area contributed by atoms with Crippen LogP contribution in [0.3, 0.4) is 0 Å². The standard InChI is InChI=1S/C14H15NO7/c1-4-22-14(17)6-5-11(16)9-7-12(20-2)13(21-3)8-10(9)15(18)19/h5-8H,4H2,1-3H3. The van der Waals surface area contributed by atoms with E-state index in [2.05, 4.69) is 4.74 Å². The molecule has 0 N–H and O–H groups in total. The topological polar surface area (TPSA) is 105 Å². The number of ketones is 1. The van der Waals surface area contributed by atoms with Crippen LogP contribution in [-0.2, 0) is 9.53 Å². The lowest BCUT2D eigenvalue weighted by Gasteiger charge is -2.09. The maximum absolute atomic E-state index is 12.1. The van der Waals surface area contributed by atoms with Crippen molar-refractivity contribution in [2.45, 2.75) is 6.92 Å². The van der Waals surface area contributed by atoms with Crippen LogP contribution in [-0.4, -0.2) is 37.5 Å². The number of nitrogens with zero attached hydrogens (tertiary/aromatic N) is 1. The minimum Gasteiger partial charge on any atom is -0.493 e. The van der Waals surface area contributed by atoms with Gasteiger partial charge in [-0.05, 0) is 13.0 Å². The van der Waals surface area contributed by atoms with Gasteiger partial charge in [-0.3, -0.25) is 14.9 Å². The number of rotatable bonds is 7. The maximum Gasteiger partial charge on any atom is 0.330 e. The second-order valence-corrected chi connectivity index (χ2v) is 3.93. The van der Waals surface area contributed by atoms with Crippen molar-refractivity contribution in [3.8, 4) is 11.5 Å². The molecule has 0 saturated heterocycles. The first kappa shape index (κ1) is 17.2. The van der Waals surface area contributed by atoms with Crippen LogP contribution in [0, 0.1) is 10.1 Å². The third-order valence-electron chi connectivity index (χ3n) is 2.62. The number of allylic oxidation sites excluding steroid dienone is 1. The van der Waals surface area contributed by atoms with E-state index in [9.17, 15) is 19.7 Å². The third kappa shape index (κ3) is 4.05. The van der Waals surface area contributed by atoms with Crippen molar-refractivity contribution in [3.63, 3.8) is 0 Å². The highest BCUT2D eigenvalue weighted by atomic mass is 16.6. The van der Waals surface area contributed by atoms with Crippen LogP contribution in [0.15, 0.2) is 24.3 Å². The number of ether oxygens (including phenoxy) is 3. The first-order valence-electron chi connectivity index (χ1n) is 6.24. The molecular weight excluding hydrogens is 294 g/mol. The van der Waals surface area contributed by atoms with E-state index in [-0.39, 0.29) is 23.7 Å². The molecule has 8 heteroatoms. The molecule has 0 aliphatic heterocycles. The van der Waals surface area contributed by atoms with E-state index in [0.717, 1.165) is 18.2 Å². The number of carbonyl (C=O) groups is 2. The quantitative estimate of drug-likeness (QED) is 0.249. The fraction of sp³-hybridized carbons (Fsp3) is 0.286. The summed E-state index contributed by atoms with van der Waals surface area (Å²) in [5.41, 5.74) is -0.667. The Morgan fingerprint density at radius 2 is 1.77 bits per heavy atom. The summed E-state index contributed by atoms with van der Waals surface area (Å²) < 4.78 is 14.6. The molecule has 0 spiro atoms. The number of hydrogen-bond donors (Lipinski definition) is 0. The van der Waals surface area contributed by atoms with Crippen molar-refractivity contribution in [2.24, 2.45) is 0 Å². The Hall–Kier alpha value is -2.90. The summed E-state index contributed by atoms with van der Waals surface area (Å²) in [4.78, 5) is 33.6. The molecule has 0 fully saturated rings. The fourth-order valence-electron chi connectivity index (χ4n) is 1.64. The smallest absolute Gasteiger partial charge is 0.330 e. The molecule has 0 heterocycles. The largest absolute Gasteiger partial charge is 0.493 e. The molecule has 0 aliphatic rings. The van der Waals surface area contributed by atoms with Gasteiger partial charge in [0.25, 0.3) is 5.69 Å². The van der Waals surface area contributed by atoms with Crippen molar-refractivity contribution >= 4 is 17.4 Å². The van der Waals surface area contributed by atoms with Crippen molar-refractivity contribution in [2.75, 3.05) is 20.8 Å². The van der Waals surface area contributed by atoms with Gasteiger partial charge in [-0.15, -0.1) is 0 Å². The van der Waals surface area contributed by atoms with E-state index in [1.807, 2.05) is 0 Å². The normalized spacial score (nSPS) is 10.3. The summed E-state index contributed by atoms with van der Waals surface area (Å²) >= 11 is 0. The lowest BCUT2D eigenvalue weighted by Crippen LogP contribution is -2.05. The van der Waals surface area contributed by atoms with Gasteiger partial charge in [-0.25, -0.2) is 4.79 Å². The second kappa shape index (κ2) is 7.77. The molecule has 1 aromatic rings. The molecule has 22 heavy (non-hydrogen) atoms. The summed E-state index contributed by atoms with van der Waals surface area (Å²) in [6.07, 6.45) is 1.82. The van der Waals surface area contributed by atoms with E-state index < -0.39 is 22.4 Å². The van der Waals surface area contributed by atoms with Gasteiger partial charge >= 0.3 is 5.97 Å². The summed E-state index contributed by atoms with van der Waals surface area (Å²) in [5, 5.41) is 11.1. The number of nitro benzene ring substituents is 1. The van der Waals surface area contributed by atoms with Crippen molar-refractivity contribution < 1.29 is 28.7 Å². The number of hydrogen-bond acceptors (Lipinski definition) is 7. The first-order chi connectivity index (χ1) is 10.4. The van der Waals surface area contributed by atoms with E-state index in [4.69, 9.17) is 9.47 Å². The molecule has 0 amide bonds. The van der Waals surface area contributed by atoms with Gasteiger partial charge in [0.1, 0.15) is 5.56 Å². The predicted molar refractivity (Wildman–Crippen MR) is 76.3 cm³/mol. The molecule has 118 valence electrons. The van der Waals surface area contributed by atoms with Gasteiger partial charge in [0, 0.05) is 12.1 Å². The molecular formula is C14H15NO7. The third-order valence-corrected chi connectivity index (χ3v) is 2.62. The average molecular weight is 309 g/mol. The first-order valence-corrected chi connectivity index (χ1v) is 6.24. The Labute approximate surface area is 126 Å². The minimum absolute atomic E-state index is 0.125. The Morgan fingerprint density at radius 1 is 1.18 bits per heavy atom. The second-order valence-electron chi connectivity index (χ2n) is 3.93. The van der Waals surface area contributed by atoms with Crippen LogP contribution in [0.4, 0.5) is 5.69 Å². The highest BCUT2D eigenvalue weighted by Crippen LogP contribution is 2.34. The molecule has 8 nitrogen and oxygen atoms in total. The Morgan fingerprint density at radius 3 is 2.27 bits per heavy atom. The van der Waals surface area contributed by atoms with Crippen molar-refractivity contribution in [3.05, 3.63) is 40.0 Å². The van der Waals surface area contributed by atoms with Crippen molar-refractivity contribution in [1.29, 1.82) is 0 Å². The van der Waals surface area contributed by atoms with Crippen LogP contribution < -0.4 is 9.47 Å². The number of benzene rings is 1. The SMILES string of the molecule is CCOC(=O)C=CC(=O)c1cc(OC)c(OC)cc1[N+](=O)[O-]. The lowest BCUT2D eigenvalue weighted by molar-refractivity contribution is -0.385. The van der Waals surface area contributed by atoms with Crippen molar-refractivity contribution in [1.82, 2.24) is 0 Å². The maximum atomic E-state index is 12.1. The number of esters is 1. The number of methoxy groups -OCH3 is 2. The summed E-state index contributed by atoms with van der Waals surface area (Å²) in [7, 11) is 2.66. The molecule has 0 atom stereocenters. The Bertz CT molecular complexity index is 622. The zero-order chi connectivity index (χ0) is 16.7. The predicted octanol–water partition coefficient (Wildman–Crippen LogP) is 1.91. The molecule has 0 radical (unpaired) electrons. The van der Waals surface area contributed by atoms with Gasteiger partial charge < -0.3 is 14.2 Å². The zero-order valence-electron chi connectivity index (χ0n) is 12.3. The van der Waals surface area contributed by atoms with Crippen LogP contribution in [0.5, 0.6) is 11.5 Å². The highest BCUT2D eigenvalue weighted by molar-refractivity contribution is 6.10. The van der Waals surface area contributed by atoms with Gasteiger partial charge in [0.15, 0.2) is 17.3 Å². The fourth-order valence-corrected chi connectivity index (χ4v) is 1.64. The van der Waals surface area contributed by atoms with Gasteiger partial charge in [-0.2, -0.15) is 0 Å². The molecule has 0 saturated carbocycles. The summed E-state index contributed by atoms with van der Waals surface area (Å²) in [6, 6.07) is 2.28. The molecule has 1 rings (SSSR count). The molecule has 0 unspecified atom stereocenters. The van der Waals surface area contributed by atoms with Crippen LogP contribution in [0.2, 0.25) is 0 Å². The van der Waals surface area contributed by atoms with E-state index in [1.54, 1.807) is 6.92 Å². The van der Waals surface area contributed by atoms with Gasteiger partial charge in [0.05, 0.1) is 31.8 Å². The monoisotopic (exact) mass is 309 g/mol. The summed E-state index contributed by atoms with van der Waals surface area (Å²) in [6.45, 7) is 1.78. The van der Waals surface area contributed by atoms with Crippen LogP contribution >= 0.6 is 0 Å². The molecule has 0 bridgehead atoms. The van der Waals surface area contributed by atoms with E-state index in [1.165, 1.54) is 20.3 Å². The van der Waals surface area contributed by atoms with Gasteiger partial charge in [-0.1, -0.05) is 0 Å². The minimum atomic E-state index is -0.722. The highest BCUT2D eigenvalue weighted by Gasteiger charge is 2.23. The van der Waals surface area contributed by atoms with E-state index in [0.29, 0.717) is 0 Å². The van der Waals surface area contributed by atoms with Gasteiger partial charge in [0.2, 0.25) is 0 Å². The lowest BCUT2D eigenvalue weighted by atomic mass is 10.1. The number of carbonyl (C=O) groups excluding carboxylic acids is 2. The molecule has 0 aromatic heterocycles. The summed E-state index contributed by atoms with van der Waals surface area (Å²) in [5.74, 6) is -1.14. The van der Waals surface area contributed by atoms with Crippen LogP contribution in [0.25, 0.3) is 0 Å². The molecule has 1 aromatic carbocycles.